The van der Waals surface area contributed by atoms with Gasteiger partial charge >= 0.3 is 6.09 Å². The van der Waals surface area contributed by atoms with Crippen molar-refractivity contribution in [3.05, 3.63) is 88.1 Å². The Morgan fingerprint density at radius 1 is 1.15 bits per heavy atom. The average Bonchev–Trinajstić information content (AvgIpc) is 3.71. The Labute approximate surface area is 237 Å². The van der Waals surface area contributed by atoms with Crippen LogP contribution in [0.3, 0.4) is 0 Å². The molecule has 7 rings (SSSR count). The molecule has 2 aliphatic heterocycles. The smallest absolute Gasteiger partial charge is 0.412 e. The number of fused-ring (bicyclic) bond motifs is 1. The molecular weight excluding hydrogens is 550 g/mol. The predicted molar refractivity (Wildman–Crippen MR) is 147 cm³/mol. The van der Waals surface area contributed by atoms with Crippen molar-refractivity contribution < 1.29 is 14.6 Å². The quantitative estimate of drug-likeness (QED) is 0.312. The molecule has 2 aromatic carbocycles. The summed E-state index contributed by atoms with van der Waals surface area (Å²) in [7, 11) is 0. The summed E-state index contributed by atoms with van der Waals surface area (Å²) in [5.74, 6) is 1.30. The van der Waals surface area contributed by atoms with E-state index < -0.39 is 6.09 Å². The SMILES string of the molecule is O=C(O)N(c1ccc(-c2cnc([C@@H]3CCc4nc(-c5cc(Cl)ccc5-n5cnnn5)cc(=O)n43)[nH]2)cc1)C1COC1. The number of ether oxygens (including phenoxy) is 1. The zero-order valence-electron chi connectivity index (χ0n) is 21.4. The molecule has 1 amide bonds. The lowest BCUT2D eigenvalue weighted by atomic mass is 10.1. The van der Waals surface area contributed by atoms with Crippen molar-refractivity contribution in [2.24, 2.45) is 0 Å². The number of halogens is 1. The van der Waals surface area contributed by atoms with Gasteiger partial charge in [0, 0.05) is 28.8 Å². The summed E-state index contributed by atoms with van der Waals surface area (Å²) in [6.07, 6.45) is 3.42. The van der Waals surface area contributed by atoms with Gasteiger partial charge in [-0.1, -0.05) is 23.7 Å². The van der Waals surface area contributed by atoms with E-state index in [0.717, 1.165) is 11.3 Å². The van der Waals surface area contributed by atoms with Crippen LogP contribution in [0.4, 0.5) is 10.5 Å². The number of carbonyl (C=O) groups is 1. The topological polar surface area (TPSA) is 157 Å². The molecule has 0 spiro atoms. The van der Waals surface area contributed by atoms with Crippen molar-refractivity contribution in [2.75, 3.05) is 18.1 Å². The molecule has 0 radical (unpaired) electrons. The molecule has 0 bridgehead atoms. The van der Waals surface area contributed by atoms with Crippen molar-refractivity contribution in [3.8, 4) is 28.2 Å². The largest absolute Gasteiger partial charge is 0.465 e. The molecule has 5 heterocycles. The van der Waals surface area contributed by atoms with Crippen LogP contribution in [0.15, 0.2) is 65.8 Å². The normalized spacial score (nSPS) is 16.4. The molecule has 13 nitrogen and oxygen atoms in total. The standard InChI is InChI=1S/C27H22ClN9O4/c28-16-3-6-22(35-14-30-33-34-35)19(9-16)20-10-25(38)37-23(7-8-24(37)31-20)26-29-11-21(32-26)15-1-4-17(5-2-15)36(27(39)40)18-12-41-13-18/h1-6,9-11,14,18,23H,7-8,12-13H2,(H,29,32)(H,39,40)/t23-/m0/s1. The van der Waals surface area contributed by atoms with Gasteiger partial charge in [-0.25, -0.2) is 14.8 Å². The Morgan fingerprint density at radius 2 is 1.98 bits per heavy atom. The third-order valence-corrected chi connectivity index (χ3v) is 7.60. The number of hydrogen-bond acceptors (Lipinski definition) is 8. The molecule has 3 aromatic heterocycles. The molecule has 206 valence electrons. The summed E-state index contributed by atoms with van der Waals surface area (Å²) in [4.78, 5) is 39.3. The van der Waals surface area contributed by atoms with E-state index in [1.807, 2.05) is 12.1 Å². The first-order chi connectivity index (χ1) is 20.0. The van der Waals surface area contributed by atoms with Gasteiger partial charge in [-0.2, -0.15) is 4.68 Å². The van der Waals surface area contributed by atoms with Gasteiger partial charge in [-0.15, -0.1) is 5.10 Å². The first-order valence-electron chi connectivity index (χ1n) is 12.9. The van der Waals surface area contributed by atoms with Crippen LogP contribution in [0.5, 0.6) is 0 Å². The van der Waals surface area contributed by atoms with Crippen molar-refractivity contribution in [1.29, 1.82) is 0 Å². The molecule has 1 saturated heterocycles. The zero-order valence-corrected chi connectivity index (χ0v) is 22.1. The molecule has 0 saturated carbocycles. The predicted octanol–water partition coefficient (Wildman–Crippen LogP) is 3.35. The van der Waals surface area contributed by atoms with E-state index in [-0.39, 0.29) is 17.6 Å². The van der Waals surface area contributed by atoms with E-state index in [9.17, 15) is 14.7 Å². The Morgan fingerprint density at radius 3 is 2.68 bits per heavy atom. The minimum absolute atomic E-state index is 0.183. The van der Waals surface area contributed by atoms with E-state index in [1.54, 1.807) is 41.1 Å². The van der Waals surface area contributed by atoms with E-state index in [1.165, 1.54) is 22.0 Å². The fourth-order valence-corrected chi connectivity index (χ4v) is 5.50. The van der Waals surface area contributed by atoms with Gasteiger partial charge in [0.05, 0.1) is 48.6 Å². The van der Waals surface area contributed by atoms with Gasteiger partial charge in [0.1, 0.15) is 18.0 Å². The Hall–Kier alpha value is -4.88. The number of aromatic nitrogens is 8. The van der Waals surface area contributed by atoms with Crippen molar-refractivity contribution in [3.63, 3.8) is 0 Å². The number of imidazole rings is 1. The molecule has 1 fully saturated rings. The van der Waals surface area contributed by atoms with Gasteiger partial charge < -0.3 is 14.8 Å². The van der Waals surface area contributed by atoms with Gasteiger partial charge in [-0.3, -0.25) is 14.3 Å². The molecule has 0 unspecified atom stereocenters. The lowest BCUT2D eigenvalue weighted by molar-refractivity contribution is 0.00897. The number of amides is 1. The van der Waals surface area contributed by atoms with Gasteiger partial charge in [-0.05, 0) is 52.7 Å². The second-order valence-electron chi connectivity index (χ2n) is 9.81. The molecule has 5 aromatic rings. The molecule has 1 atom stereocenters. The lowest BCUT2D eigenvalue weighted by Crippen LogP contribution is -2.51. The number of aromatic amines is 1. The third kappa shape index (κ3) is 4.44. The highest BCUT2D eigenvalue weighted by molar-refractivity contribution is 6.31. The van der Waals surface area contributed by atoms with Crippen LogP contribution in [0.1, 0.15) is 24.1 Å². The lowest BCUT2D eigenvalue weighted by Gasteiger charge is -2.35. The number of aryl methyl sites for hydroxylation is 1. The summed E-state index contributed by atoms with van der Waals surface area (Å²) in [6.45, 7) is 0.770. The van der Waals surface area contributed by atoms with Crippen LogP contribution >= 0.6 is 11.6 Å². The van der Waals surface area contributed by atoms with Crippen molar-refractivity contribution in [1.82, 2.24) is 39.7 Å². The molecule has 41 heavy (non-hydrogen) atoms. The Balaban J connectivity index is 1.17. The molecule has 14 heteroatoms. The first-order valence-corrected chi connectivity index (χ1v) is 13.2. The van der Waals surface area contributed by atoms with Gasteiger partial charge in [0.25, 0.3) is 5.56 Å². The van der Waals surface area contributed by atoms with E-state index in [0.29, 0.717) is 65.4 Å². The summed E-state index contributed by atoms with van der Waals surface area (Å²) < 4.78 is 8.33. The number of carboxylic acid groups (broad SMARTS) is 1. The number of benzene rings is 2. The maximum absolute atomic E-state index is 13.4. The van der Waals surface area contributed by atoms with E-state index in [4.69, 9.17) is 21.3 Å². The number of nitrogens with one attached hydrogen (secondary N) is 1. The fourth-order valence-electron chi connectivity index (χ4n) is 5.33. The van der Waals surface area contributed by atoms with E-state index >= 15 is 0 Å². The third-order valence-electron chi connectivity index (χ3n) is 7.37. The minimum atomic E-state index is -1.01. The number of hydrogen-bond donors (Lipinski definition) is 2. The average molecular weight is 572 g/mol. The van der Waals surface area contributed by atoms with E-state index in [2.05, 4.69) is 25.5 Å². The molecule has 0 aliphatic carbocycles. The Bertz CT molecular complexity index is 1810. The van der Waals surface area contributed by atoms with Crippen molar-refractivity contribution in [2.45, 2.75) is 24.9 Å². The monoisotopic (exact) mass is 571 g/mol. The van der Waals surface area contributed by atoms with Crippen LogP contribution < -0.4 is 10.5 Å². The summed E-state index contributed by atoms with van der Waals surface area (Å²) in [6, 6.07) is 13.5. The number of tetrazole rings is 1. The number of rotatable bonds is 6. The number of nitrogens with zero attached hydrogens (tertiary/aromatic N) is 8. The highest BCUT2D eigenvalue weighted by atomic mass is 35.5. The molecule has 2 N–H and O–H groups in total. The van der Waals surface area contributed by atoms with Crippen molar-refractivity contribution >= 4 is 23.4 Å². The number of anilines is 1. The van der Waals surface area contributed by atoms with Crippen LogP contribution in [0.2, 0.25) is 5.02 Å². The fraction of sp³-hybridized carbons (Fsp3) is 0.222. The summed E-state index contributed by atoms with van der Waals surface area (Å²) in [5, 5.41) is 21.5. The molecule has 2 aliphatic rings. The second-order valence-corrected chi connectivity index (χ2v) is 10.2. The van der Waals surface area contributed by atoms with Crippen LogP contribution in [-0.2, 0) is 11.2 Å². The van der Waals surface area contributed by atoms with Crippen LogP contribution in [-0.4, -0.2) is 70.2 Å². The number of H-pyrrole nitrogens is 1. The highest BCUT2D eigenvalue weighted by Gasteiger charge is 2.32. The summed E-state index contributed by atoms with van der Waals surface area (Å²) >= 11 is 6.28. The Kier molecular flexibility index (Phi) is 6.09. The highest BCUT2D eigenvalue weighted by Crippen LogP contribution is 2.33. The minimum Gasteiger partial charge on any atom is -0.465 e. The van der Waals surface area contributed by atoms with Gasteiger partial charge in [0.2, 0.25) is 0 Å². The summed E-state index contributed by atoms with van der Waals surface area (Å²) in [5.41, 5.74) is 3.76. The second kappa shape index (κ2) is 9.94. The maximum atomic E-state index is 13.4. The first kappa shape index (κ1) is 25.1. The molecular formula is C27H22ClN9O4. The van der Waals surface area contributed by atoms with Crippen LogP contribution in [0.25, 0.3) is 28.2 Å². The maximum Gasteiger partial charge on any atom is 0.412 e. The van der Waals surface area contributed by atoms with Gasteiger partial charge in [0.15, 0.2) is 0 Å². The van der Waals surface area contributed by atoms with Crippen LogP contribution in [0, 0.1) is 0 Å². The zero-order chi connectivity index (χ0) is 28.1.